The summed E-state index contributed by atoms with van der Waals surface area (Å²) in [6.07, 6.45) is 0.809. The molecule has 0 saturated heterocycles. The van der Waals surface area contributed by atoms with Gasteiger partial charge >= 0.3 is 6.03 Å². The second-order valence-electron chi connectivity index (χ2n) is 5.12. The molecule has 0 atom stereocenters. The molecule has 0 radical (unpaired) electrons. The van der Waals surface area contributed by atoms with E-state index in [1.807, 2.05) is 36.4 Å². The minimum absolute atomic E-state index is 0.153. The highest BCUT2D eigenvalue weighted by Gasteiger charge is 2.24. The van der Waals surface area contributed by atoms with Crippen LogP contribution < -0.4 is 15.5 Å². The van der Waals surface area contributed by atoms with Crippen molar-refractivity contribution in [2.24, 2.45) is 0 Å². The Morgan fingerprint density at radius 3 is 2.59 bits per heavy atom. The Labute approximate surface area is 128 Å². The number of nitrogens with zero attached hydrogens (tertiary/aromatic N) is 1. The minimum atomic E-state index is -0.183. The van der Waals surface area contributed by atoms with Gasteiger partial charge in [0.2, 0.25) is 0 Å². The molecule has 3 amide bonds. The number of rotatable bonds is 2. The number of carbonyl (C=O) groups is 2. The average molecular weight is 295 g/mol. The lowest BCUT2D eigenvalue weighted by atomic mass is 10.1. The van der Waals surface area contributed by atoms with E-state index in [1.165, 1.54) is 0 Å². The van der Waals surface area contributed by atoms with Gasteiger partial charge in [-0.05, 0) is 36.2 Å². The molecule has 0 bridgehead atoms. The smallest absolute Gasteiger partial charge is 0.321 e. The number of para-hydroxylation sites is 1. The van der Waals surface area contributed by atoms with E-state index >= 15 is 0 Å². The predicted octanol–water partition coefficient (Wildman–Crippen LogP) is 2.64. The number of hydrogen-bond donors (Lipinski definition) is 2. The molecule has 0 aromatic heterocycles. The third-order valence-corrected chi connectivity index (χ3v) is 3.73. The van der Waals surface area contributed by atoms with E-state index in [2.05, 4.69) is 10.6 Å². The van der Waals surface area contributed by atoms with Crippen molar-refractivity contribution >= 4 is 23.3 Å². The topological polar surface area (TPSA) is 61.4 Å². The van der Waals surface area contributed by atoms with E-state index in [0.717, 1.165) is 23.4 Å². The third kappa shape index (κ3) is 2.65. The number of urea groups is 1. The van der Waals surface area contributed by atoms with Gasteiger partial charge in [0.25, 0.3) is 5.91 Å². The van der Waals surface area contributed by atoms with Crippen molar-refractivity contribution in [3.63, 3.8) is 0 Å². The second kappa shape index (κ2) is 5.89. The fraction of sp³-hybridized carbons (Fsp3) is 0.176. The number of amides is 3. The normalized spacial score (nSPS) is 12.7. The largest absolute Gasteiger partial charge is 0.341 e. The molecule has 5 nitrogen and oxygen atoms in total. The number of benzene rings is 2. The molecule has 2 aromatic carbocycles. The highest BCUT2D eigenvalue weighted by Crippen LogP contribution is 2.29. The molecule has 0 unspecified atom stereocenters. The maximum absolute atomic E-state index is 12.3. The van der Waals surface area contributed by atoms with Crippen molar-refractivity contribution in [3.05, 3.63) is 59.7 Å². The standard InChI is InChI=1S/C17H17N3O2/c1-18-17(22)20-10-9-12-7-8-13(11-15(12)20)16(21)19-14-5-3-2-4-6-14/h2-8,11H,9-10H2,1H3,(H,18,22)(H,19,21). The molecule has 112 valence electrons. The summed E-state index contributed by atoms with van der Waals surface area (Å²) in [6.45, 7) is 0.638. The van der Waals surface area contributed by atoms with Crippen molar-refractivity contribution in [2.75, 3.05) is 23.8 Å². The quantitative estimate of drug-likeness (QED) is 0.894. The summed E-state index contributed by atoms with van der Waals surface area (Å²) >= 11 is 0. The van der Waals surface area contributed by atoms with Crippen LogP contribution in [0.2, 0.25) is 0 Å². The zero-order valence-corrected chi connectivity index (χ0v) is 12.3. The van der Waals surface area contributed by atoms with Crippen LogP contribution in [-0.4, -0.2) is 25.5 Å². The Balaban J connectivity index is 1.84. The fourth-order valence-corrected chi connectivity index (χ4v) is 2.59. The van der Waals surface area contributed by atoms with Crippen LogP contribution in [0.3, 0.4) is 0 Å². The first kappa shape index (κ1) is 14.1. The number of hydrogen-bond acceptors (Lipinski definition) is 2. The lowest BCUT2D eigenvalue weighted by Crippen LogP contribution is -2.36. The number of anilines is 2. The van der Waals surface area contributed by atoms with E-state index in [1.54, 1.807) is 24.1 Å². The van der Waals surface area contributed by atoms with Gasteiger partial charge in [-0.25, -0.2) is 4.79 Å². The Hall–Kier alpha value is -2.82. The van der Waals surface area contributed by atoms with Crippen molar-refractivity contribution in [1.82, 2.24) is 5.32 Å². The van der Waals surface area contributed by atoms with Crippen LogP contribution in [-0.2, 0) is 6.42 Å². The molecule has 0 aliphatic carbocycles. The first-order valence-electron chi connectivity index (χ1n) is 7.17. The molecule has 1 heterocycles. The molecule has 0 spiro atoms. The molecule has 0 fully saturated rings. The van der Waals surface area contributed by atoms with Gasteiger partial charge in [0.05, 0.1) is 0 Å². The molecule has 1 aliphatic rings. The van der Waals surface area contributed by atoms with E-state index in [-0.39, 0.29) is 11.9 Å². The maximum atomic E-state index is 12.3. The van der Waals surface area contributed by atoms with Crippen LogP contribution in [0.25, 0.3) is 0 Å². The van der Waals surface area contributed by atoms with Gasteiger partial charge in [-0.2, -0.15) is 0 Å². The molecule has 5 heteroatoms. The molecule has 0 saturated carbocycles. The zero-order chi connectivity index (χ0) is 15.5. The second-order valence-corrected chi connectivity index (χ2v) is 5.12. The highest BCUT2D eigenvalue weighted by atomic mass is 16.2. The molecule has 3 rings (SSSR count). The van der Waals surface area contributed by atoms with Crippen LogP contribution in [0, 0.1) is 0 Å². The monoisotopic (exact) mass is 295 g/mol. The average Bonchev–Trinajstić information content (AvgIpc) is 2.98. The fourth-order valence-electron chi connectivity index (χ4n) is 2.59. The molecule has 22 heavy (non-hydrogen) atoms. The Morgan fingerprint density at radius 2 is 1.86 bits per heavy atom. The SMILES string of the molecule is CNC(=O)N1CCc2ccc(C(=O)Nc3ccccc3)cc21. The van der Waals surface area contributed by atoms with Crippen LogP contribution in [0.1, 0.15) is 15.9 Å². The summed E-state index contributed by atoms with van der Waals surface area (Å²) in [6, 6.07) is 14.6. The van der Waals surface area contributed by atoms with Gasteiger partial charge in [-0.1, -0.05) is 24.3 Å². The van der Waals surface area contributed by atoms with Crippen LogP contribution in [0.4, 0.5) is 16.2 Å². The first-order chi connectivity index (χ1) is 10.7. The van der Waals surface area contributed by atoms with Gasteiger partial charge in [-0.15, -0.1) is 0 Å². The minimum Gasteiger partial charge on any atom is -0.341 e. The Kier molecular flexibility index (Phi) is 3.78. The van der Waals surface area contributed by atoms with Crippen molar-refractivity contribution < 1.29 is 9.59 Å². The van der Waals surface area contributed by atoms with Crippen LogP contribution in [0.15, 0.2) is 48.5 Å². The van der Waals surface area contributed by atoms with Crippen LogP contribution >= 0.6 is 0 Å². The summed E-state index contributed by atoms with van der Waals surface area (Å²) in [5.74, 6) is -0.183. The summed E-state index contributed by atoms with van der Waals surface area (Å²) < 4.78 is 0. The van der Waals surface area contributed by atoms with Crippen molar-refractivity contribution in [3.8, 4) is 0 Å². The van der Waals surface area contributed by atoms with Crippen LogP contribution in [0.5, 0.6) is 0 Å². The van der Waals surface area contributed by atoms with Crippen molar-refractivity contribution in [1.29, 1.82) is 0 Å². The Bertz CT molecular complexity index is 713. The predicted molar refractivity (Wildman–Crippen MR) is 86.3 cm³/mol. The van der Waals surface area contributed by atoms with Gasteiger partial charge in [0.15, 0.2) is 0 Å². The molecule has 2 N–H and O–H groups in total. The molecule has 2 aromatic rings. The summed E-state index contributed by atoms with van der Waals surface area (Å²) in [7, 11) is 1.60. The number of carbonyl (C=O) groups excluding carboxylic acids is 2. The van der Waals surface area contributed by atoms with Gasteiger partial charge < -0.3 is 10.6 Å². The third-order valence-electron chi connectivity index (χ3n) is 3.73. The lowest BCUT2D eigenvalue weighted by molar-refractivity contribution is 0.102. The number of nitrogens with one attached hydrogen (secondary N) is 2. The molecular weight excluding hydrogens is 278 g/mol. The van der Waals surface area contributed by atoms with E-state index in [0.29, 0.717) is 12.1 Å². The first-order valence-corrected chi connectivity index (χ1v) is 7.17. The summed E-state index contributed by atoms with van der Waals surface area (Å²) in [4.78, 5) is 25.9. The van der Waals surface area contributed by atoms with Gasteiger partial charge in [0, 0.05) is 30.5 Å². The van der Waals surface area contributed by atoms with Gasteiger partial charge in [0.1, 0.15) is 0 Å². The Morgan fingerprint density at radius 1 is 1.09 bits per heavy atom. The van der Waals surface area contributed by atoms with E-state index < -0.39 is 0 Å². The summed E-state index contributed by atoms with van der Waals surface area (Å²) in [5.41, 5.74) is 3.18. The summed E-state index contributed by atoms with van der Waals surface area (Å²) in [5, 5.41) is 5.47. The number of fused-ring (bicyclic) bond motifs is 1. The van der Waals surface area contributed by atoms with E-state index in [4.69, 9.17) is 0 Å². The zero-order valence-electron chi connectivity index (χ0n) is 12.3. The molecular formula is C17H17N3O2. The van der Waals surface area contributed by atoms with Gasteiger partial charge in [-0.3, -0.25) is 9.69 Å². The maximum Gasteiger partial charge on any atom is 0.321 e. The highest BCUT2D eigenvalue weighted by molar-refractivity contribution is 6.06. The lowest BCUT2D eigenvalue weighted by Gasteiger charge is -2.17. The molecule has 1 aliphatic heterocycles. The van der Waals surface area contributed by atoms with E-state index in [9.17, 15) is 9.59 Å². The van der Waals surface area contributed by atoms with Crippen molar-refractivity contribution in [2.45, 2.75) is 6.42 Å².